The van der Waals surface area contributed by atoms with Crippen LogP contribution in [0.5, 0.6) is 0 Å². The van der Waals surface area contributed by atoms with Crippen LogP contribution in [0.4, 0.5) is 13.2 Å². The molecule has 0 N–H and O–H groups in total. The largest absolute Gasteiger partial charge is 0.416 e. The van der Waals surface area contributed by atoms with Crippen LogP contribution >= 0.6 is 11.6 Å². The summed E-state index contributed by atoms with van der Waals surface area (Å²) in [6, 6.07) is 13.6. The van der Waals surface area contributed by atoms with Crippen molar-refractivity contribution in [2.24, 2.45) is 0 Å². The van der Waals surface area contributed by atoms with Gasteiger partial charge in [-0.05, 0) is 36.8 Å². The lowest BCUT2D eigenvalue weighted by molar-refractivity contribution is -0.137. The number of nitrogens with zero attached hydrogens (tertiary/aromatic N) is 3. The van der Waals surface area contributed by atoms with Crippen LogP contribution in [0, 0.1) is 6.92 Å². The molecule has 148 valence electrons. The number of aryl methyl sites for hydroxylation is 1. The van der Waals surface area contributed by atoms with Gasteiger partial charge in [-0.15, -0.1) is 0 Å². The summed E-state index contributed by atoms with van der Waals surface area (Å²) < 4.78 is 42.2. The second-order valence-corrected chi connectivity index (χ2v) is 7.15. The van der Waals surface area contributed by atoms with E-state index in [0.29, 0.717) is 27.8 Å². The van der Waals surface area contributed by atoms with E-state index in [1.807, 2.05) is 0 Å². The number of rotatable bonds is 3. The van der Waals surface area contributed by atoms with Crippen molar-refractivity contribution in [2.45, 2.75) is 19.6 Å². The molecule has 4 aromatic rings. The van der Waals surface area contributed by atoms with Gasteiger partial charge in [0.2, 0.25) is 5.78 Å². The van der Waals surface area contributed by atoms with E-state index in [0.717, 1.165) is 17.7 Å². The van der Waals surface area contributed by atoms with E-state index in [4.69, 9.17) is 11.6 Å². The topological polar surface area (TPSA) is 39.3 Å². The van der Waals surface area contributed by atoms with Crippen LogP contribution in [-0.2, 0) is 12.7 Å². The molecular formula is C21H15ClF3N3O. The summed E-state index contributed by atoms with van der Waals surface area (Å²) in [5, 5.41) is 0.581. The molecule has 2 heterocycles. The molecule has 0 saturated heterocycles. The minimum atomic E-state index is -4.42. The summed E-state index contributed by atoms with van der Waals surface area (Å²) in [5.74, 6) is 0.359. The first kappa shape index (κ1) is 19.3. The Balaban J connectivity index is 1.82. The second kappa shape index (κ2) is 7.08. The van der Waals surface area contributed by atoms with Gasteiger partial charge in [-0.3, -0.25) is 9.20 Å². The first-order valence-corrected chi connectivity index (χ1v) is 9.12. The van der Waals surface area contributed by atoms with E-state index >= 15 is 0 Å². The van der Waals surface area contributed by atoms with E-state index in [9.17, 15) is 18.0 Å². The Kier molecular flexibility index (Phi) is 4.70. The van der Waals surface area contributed by atoms with Gasteiger partial charge in [-0.1, -0.05) is 35.9 Å². The Morgan fingerprint density at radius 2 is 1.79 bits per heavy atom. The normalized spacial score (nSPS) is 11.9. The number of alkyl halides is 3. The molecule has 0 atom stereocenters. The van der Waals surface area contributed by atoms with Crippen molar-refractivity contribution >= 4 is 17.4 Å². The van der Waals surface area contributed by atoms with E-state index in [2.05, 4.69) is 4.98 Å². The lowest BCUT2D eigenvalue weighted by Gasteiger charge is -2.13. The van der Waals surface area contributed by atoms with Crippen molar-refractivity contribution in [1.29, 1.82) is 0 Å². The fourth-order valence-electron chi connectivity index (χ4n) is 3.19. The number of benzene rings is 2. The number of halogens is 4. The third-order valence-electron chi connectivity index (χ3n) is 4.66. The maximum Gasteiger partial charge on any atom is 0.416 e. The first-order chi connectivity index (χ1) is 13.7. The number of aromatic nitrogens is 3. The molecule has 0 unspecified atom stereocenters. The lowest BCUT2D eigenvalue weighted by atomic mass is 10.1. The summed E-state index contributed by atoms with van der Waals surface area (Å²) in [7, 11) is 0. The standard InChI is InChI=1S/C21H15ClF3N3O/c1-13-9-19(29)28-12-18(15-5-7-17(22)8-6-15)26-20(28)27(13)11-14-3-2-4-16(10-14)21(23,24)25/h2-10,12H,11H2,1H3. The predicted octanol–water partition coefficient (Wildman–Crippen LogP) is 5.19. The Hall–Kier alpha value is -3.06. The molecule has 0 aliphatic rings. The van der Waals surface area contributed by atoms with Gasteiger partial charge >= 0.3 is 6.18 Å². The fourth-order valence-corrected chi connectivity index (χ4v) is 3.32. The Morgan fingerprint density at radius 1 is 1.07 bits per heavy atom. The number of imidazole rings is 1. The van der Waals surface area contributed by atoms with Gasteiger partial charge in [0, 0.05) is 28.5 Å². The van der Waals surface area contributed by atoms with Crippen molar-refractivity contribution in [3.8, 4) is 11.3 Å². The average Bonchev–Trinajstić information content (AvgIpc) is 3.11. The molecule has 0 fully saturated rings. The molecular weight excluding hydrogens is 403 g/mol. The van der Waals surface area contributed by atoms with Crippen LogP contribution in [0.3, 0.4) is 0 Å². The number of hydrogen-bond donors (Lipinski definition) is 0. The molecule has 2 aromatic carbocycles. The molecule has 0 bridgehead atoms. The monoisotopic (exact) mass is 417 g/mol. The molecule has 0 aliphatic carbocycles. The smallest absolute Gasteiger partial charge is 0.311 e. The van der Waals surface area contributed by atoms with Crippen LogP contribution < -0.4 is 5.56 Å². The first-order valence-electron chi connectivity index (χ1n) is 8.74. The summed E-state index contributed by atoms with van der Waals surface area (Å²) in [6.07, 6.45) is -2.80. The SMILES string of the molecule is Cc1cc(=O)n2cc(-c3ccc(Cl)cc3)nc2n1Cc1cccc(C(F)(F)F)c1. The molecule has 4 rings (SSSR count). The molecule has 0 aliphatic heterocycles. The van der Waals surface area contributed by atoms with Gasteiger partial charge in [-0.25, -0.2) is 4.98 Å². The van der Waals surface area contributed by atoms with E-state index in [-0.39, 0.29) is 12.1 Å². The van der Waals surface area contributed by atoms with Crippen LogP contribution in [0.15, 0.2) is 65.6 Å². The van der Waals surface area contributed by atoms with Gasteiger partial charge in [-0.2, -0.15) is 13.2 Å². The molecule has 0 amide bonds. The van der Waals surface area contributed by atoms with Crippen molar-refractivity contribution in [3.63, 3.8) is 0 Å². The third-order valence-corrected chi connectivity index (χ3v) is 4.91. The van der Waals surface area contributed by atoms with E-state index in [1.165, 1.54) is 16.5 Å². The second-order valence-electron chi connectivity index (χ2n) is 6.71. The minimum Gasteiger partial charge on any atom is -0.311 e. The van der Waals surface area contributed by atoms with Crippen LogP contribution in [0.25, 0.3) is 17.0 Å². The highest BCUT2D eigenvalue weighted by Crippen LogP contribution is 2.30. The zero-order chi connectivity index (χ0) is 20.8. The van der Waals surface area contributed by atoms with Crippen LogP contribution in [0.2, 0.25) is 5.02 Å². The van der Waals surface area contributed by atoms with Crippen LogP contribution in [-0.4, -0.2) is 14.0 Å². The summed E-state index contributed by atoms with van der Waals surface area (Å²) in [5.41, 5.74) is 1.45. The van der Waals surface area contributed by atoms with Crippen molar-refractivity contribution in [2.75, 3.05) is 0 Å². The van der Waals surface area contributed by atoms with Crippen LogP contribution in [0.1, 0.15) is 16.8 Å². The van der Waals surface area contributed by atoms with Gasteiger partial charge in [0.25, 0.3) is 5.56 Å². The predicted molar refractivity (Wildman–Crippen MR) is 105 cm³/mol. The molecule has 29 heavy (non-hydrogen) atoms. The number of hydrogen-bond acceptors (Lipinski definition) is 2. The molecule has 0 radical (unpaired) electrons. The highest BCUT2D eigenvalue weighted by atomic mass is 35.5. The molecule has 0 saturated carbocycles. The maximum absolute atomic E-state index is 13.0. The summed E-state index contributed by atoms with van der Waals surface area (Å²) >= 11 is 5.92. The lowest BCUT2D eigenvalue weighted by Crippen LogP contribution is -2.19. The summed E-state index contributed by atoms with van der Waals surface area (Å²) in [6.45, 7) is 1.88. The van der Waals surface area contributed by atoms with Crippen molar-refractivity contribution in [1.82, 2.24) is 14.0 Å². The van der Waals surface area contributed by atoms with Crippen molar-refractivity contribution < 1.29 is 13.2 Å². The van der Waals surface area contributed by atoms with Gasteiger partial charge < -0.3 is 4.57 Å². The maximum atomic E-state index is 13.0. The zero-order valence-electron chi connectivity index (χ0n) is 15.2. The quantitative estimate of drug-likeness (QED) is 0.460. The van der Waals surface area contributed by atoms with Gasteiger partial charge in [0.1, 0.15) is 0 Å². The molecule has 2 aromatic heterocycles. The zero-order valence-corrected chi connectivity index (χ0v) is 16.0. The van der Waals surface area contributed by atoms with E-state index in [1.54, 1.807) is 48.0 Å². The van der Waals surface area contributed by atoms with Crippen molar-refractivity contribution in [3.05, 3.63) is 93.0 Å². The van der Waals surface area contributed by atoms with Gasteiger partial charge in [0.05, 0.1) is 17.8 Å². The Labute approximate surface area is 168 Å². The Morgan fingerprint density at radius 3 is 2.48 bits per heavy atom. The highest BCUT2D eigenvalue weighted by Gasteiger charge is 2.30. The summed E-state index contributed by atoms with van der Waals surface area (Å²) in [4.78, 5) is 17.0. The molecule has 0 spiro atoms. The third kappa shape index (κ3) is 3.78. The molecule has 4 nitrogen and oxygen atoms in total. The Bertz CT molecular complexity index is 1260. The average molecular weight is 418 g/mol. The highest BCUT2D eigenvalue weighted by molar-refractivity contribution is 6.30. The minimum absolute atomic E-state index is 0.149. The number of fused-ring (bicyclic) bond motifs is 1. The molecule has 8 heteroatoms. The van der Waals surface area contributed by atoms with Gasteiger partial charge in [0.15, 0.2) is 0 Å². The fraction of sp³-hybridized carbons (Fsp3) is 0.143. The van der Waals surface area contributed by atoms with E-state index < -0.39 is 11.7 Å².